The van der Waals surface area contributed by atoms with Crippen molar-refractivity contribution >= 4 is 12.2 Å². The maximum absolute atomic E-state index is 13.0. The van der Waals surface area contributed by atoms with Gasteiger partial charge in [-0.1, -0.05) is 54.6 Å². The molecule has 3 saturated heterocycles. The Morgan fingerprint density at radius 3 is 2.28 bits per heavy atom. The molecule has 6 rings (SSSR count). The van der Waals surface area contributed by atoms with E-state index in [4.69, 9.17) is 4.74 Å². The molecule has 2 atom stereocenters. The van der Waals surface area contributed by atoms with Gasteiger partial charge in [0.1, 0.15) is 6.61 Å². The zero-order valence-electron chi connectivity index (χ0n) is 20.7. The summed E-state index contributed by atoms with van der Waals surface area (Å²) in [4.78, 5) is 31.1. The van der Waals surface area contributed by atoms with E-state index in [0.29, 0.717) is 25.7 Å². The number of amides is 2. The molecule has 1 N–H and O–H groups in total. The van der Waals surface area contributed by atoms with Crippen LogP contribution in [0.2, 0.25) is 0 Å². The highest BCUT2D eigenvalue weighted by Crippen LogP contribution is 2.44. The number of piperidine rings is 2. The van der Waals surface area contributed by atoms with Gasteiger partial charge in [-0.25, -0.2) is 9.59 Å². The van der Waals surface area contributed by atoms with Crippen molar-refractivity contribution in [3.8, 4) is 0 Å². The fourth-order valence-electron chi connectivity index (χ4n) is 7.31. The molecular formula is C29H35N3O4. The van der Waals surface area contributed by atoms with Crippen LogP contribution in [0.4, 0.5) is 9.59 Å². The number of carbonyl (C=O) groups is 2. The first-order valence-electron chi connectivity index (χ1n) is 13.3. The van der Waals surface area contributed by atoms with Crippen LogP contribution in [0, 0.1) is 0 Å². The number of carboxylic acid groups (broad SMARTS) is 1. The quantitative estimate of drug-likeness (QED) is 0.668. The highest BCUT2D eigenvalue weighted by molar-refractivity contribution is 5.69. The van der Waals surface area contributed by atoms with E-state index in [-0.39, 0.29) is 23.6 Å². The van der Waals surface area contributed by atoms with Crippen molar-refractivity contribution < 1.29 is 19.4 Å². The molecule has 190 valence electrons. The van der Waals surface area contributed by atoms with Gasteiger partial charge in [-0.2, -0.15) is 0 Å². The smallest absolute Gasteiger partial charge is 0.410 e. The van der Waals surface area contributed by atoms with E-state index in [1.807, 2.05) is 41.3 Å². The summed E-state index contributed by atoms with van der Waals surface area (Å²) in [6.45, 7) is 3.35. The van der Waals surface area contributed by atoms with E-state index >= 15 is 0 Å². The molecular weight excluding hydrogens is 454 g/mol. The van der Waals surface area contributed by atoms with Crippen molar-refractivity contribution in [2.24, 2.45) is 0 Å². The van der Waals surface area contributed by atoms with E-state index in [1.54, 1.807) is 4.90 Å². The Hall–Kier alpha value is -3.06. The van der Waals surface area contributed by atoms with E-state index in [0.717, 1.165) is 62.7 Å². The second-order valence-corrected chi connectivity index (χ2v) is 11.1. The highest BCUT2D eigenvalue weighted by atomic mass is 16.6. The SMILES string of the molecule is O=C(O)N1Cc2ccccc2C2(CCN(C3CC4CCC(C3)N4C(=O)OCc3ccccc3)CC2)C1. The minimum atomic E-state index is -0.825. The standard InChI is InChI=1S/C29H35N3O4/c33-27(34)31-18-22-8-4-5-9-26(22)29(20-31)12-14-30(15-13-29)25-16-23-10-11-24(17-25)32(23)28(35)36-19-21-6-2-1-3-7-21/h1-9,23-25H,10-20H2,(H,33,34). The van der Waals surface area contributed by atoms with Crippen LogP contribution in [-0.2, 0) is 23.3 Å². The Labute approximate surface area is 212 Å². The summed E-state index contributed by atoms with van der Waals surface area (Å²) in [6.07, 6.45) is 5.07. The zero-order valence-corrected chi connectivity index (χ0v) is 20.7. The van der Waals surface area contributed by atoms with Crippen molar-refractivity contribution in [1.82, 2.24) is 14.7 Å². The van der Waals surface area contributed by atoms with Gasteiger partial charge in [0.2, 0.25) is 0 Å². The normalized spacial score (nSPS) is 27.1. The monoisotopic (exact) mass is 489 g/mol. The summed E-state index contributed by atoms with van der Waals surface area (Å²) < 4.78 is 5.69. The van der Waals surface area contributed by atoms with E-state index < -0.39 is 6.09 Å². The number of ether oxygens (including phenoxy) is 1. The Morgan fingerprint density at radius 1 is 0.917 bits per heavy atom. The zero-order chi connectivity index (χ0) is 24.7. The molecule has 2 aromatic rings. The van der Waals surface area contributed by atoms with E-state index in [2.05, 4.69) is 23.1 Å². The molecule has 0 radical (unpaired) electrons. The number of fused-ring (bicyclic) bond motifs is 4. The molecule has 7 heteroatoms. The third-order valence-corrected chi connectivity index (χ3v) is 9.11. The summed E-state index contributed by atoms with van der Waals surface area (Å²) in [5.41, 5.74) is 3.42. The van der Waals surface area contributed by atoms with Crippen molar-refractivity contribution in [3.05, 3.63) is 71.3 Å². The van der Waals surface area contributed by atoms with Gasteiger partial charge in [0, 0.05) is 36.6 Å². The van der Waals surface area contributed by atoms with Crippen molar-refractivity contribution in [2.45, 2.75) is 75.2 Å². The highest BCUT2D eigenvalue weighted by Gasteiger charge is 2.48. The molecule has 4 aliphatic heterocycles. The van der Waals surface area contributed by atoms with Crippen LogP contribution < -0.4 is 0 Å². The molecule has 0 aromatic heterocycles. The van der Waals surface area contributed by atoms with E-state index in [9.17, 15) is 14.7 Å². The first-order chi connectivity index (χ1) is 17.5. The van der Waals surface area contributed by atoms with Gasteiger partial charge in [-0.15, -0.1) is 0 Å². The third kappa shape index (κ3) is 4.23. The minimum absolute atomic E-state index is 0.0926. The third-order valence-electron chi connectivity index (χ3n) is 9.11. The molecule has 4 heterocycles. The van der Waals surface area contributed by atoms with Crippen LogP contribution in [-0.4, -0.2) is 69.8 Å². The summed E-state index contributed by atoms with van der Waals surface area (Å²) in [5.74, 6) is 0. The Balaban J connectivity index is 1.09. The Kier molecular flexibility index (Phi) is 6.12. The maximum atomic E-state index is 13.0. The second-order valence-electron chi connectivity index (χ2n) is 11.1. The number of nitrogens with zero attached hydrogens (tertiary/aromatic N) is 3. The molecule has 4 aliphatic rings. The molecule has 2 bridgehead atoms. The van der Waals surface area contributed by atoms with Crippen LogP contribution >= 0.6 is 0 Å². The van der Waals surface area contributed by atoms with Gasteiger partial charge in [-0.05, 0) is 68.3 Å². The molecule has 2 amide bonds. The van der Waals surface area contributed by atoms with Gasteiger partial charge in [0.05, 0.1) is 0 Å². The Bertz CT molecular complexity index is 1100. The molecule has 1 spiro atoms. The van der Waals surface area contributed by atoms with Gasteiger partial charge in [0.15, 0.2) is 0 Å². The fraction of sp³-hybridized carbons (Fsp3) is 0.517. The van der Waals surface area contributed by atoms with Crippen molar-refractivity contribution in [2.75, 3.05) is 19.6 Å². The number of hydrogen-bond donors (Lipinski definition) is 1. The summed E-state index contributed by atoms with van der Waals surface area (Å²) >= 11 is 0. The number of hydrogen-bond acceptors (Lipinski definition) is 4. The van der Waals surface area contributed by atoms with Crippen LogP contribution in [0.15, 0.2) is 54.6 Å². The van der Waals surface area contributed by atoms with Crippen molar-refractivity contribution in [3.63, 3.8) is 0 Å². The van der Waals surface area contributed by atoms with Crippen LogP contribution in [0.5, 0.6) is 0 Å². The first kappa shape index (κ1) is 23.3. The molecule has 2 unspecified atom stereocenters. The second kappa shape index (κ2) is 9.43. The van der Waals surface area contributed by atoms with E-state index in [1.165, 1.54) is 5.56 Å². The molecule has 36 heavy (non-hydrogen) atoms. The number of benzene rings is 2. The predicted octanol–water partition coefficient (Wildman–Crippen LogP) is 4.85. The topological polar surface area (TPSA) is 73.3 Å². The van der Waals surface area contributed by atoms with Gasteiger partial charge >= 0.3 is 12.2 Å². The summed E-state index contributed by atoms with van der Waals surface area (Å²) in [5, 5.41) is 9.74. The minimum Gasteiger partial charge on any atom is -0.465 e. The average molecular weight is 490 g/mol. The maximum Gasteiger partial charge on any atom is 0.410 e. The van der Waals surface area contributed by atoms with Crippen LogP contribution in [0.3, 0.4) is 0 Å². The Morgan fingerprint density at radius 2 is 1.58 bits per heavy atom. The lowest BCUT2D eigenvalue weighted by Crippen LogP contribution is -2.57. The van der Waals surface area contributed by atoms with Gasteiger partial charge in [0.25, 0.3) is 0 Å². The number of rotatable bonds is 3. The van der Waals surface area contributed by atoms with Gasteiger partial charge in [-0.3, -0.25) is 0 Å². The van der Waals surface area contributed by atoms with Crippen molar-refractivity contribution in [1.29, 1.82) is 0 Å². The first-order valence-corrected chi connectivity index (χ1v) is 13.3. The molecule has 0 aliphatic carbocycles. The fourth-order valence-corrected chi connectivity index (χ4v) is 7.31. The van der Waals surface area contributed by atoms with Crippen LogP contribution in [0.25, 0.3) is 0 Å². The summed E-state index contributed by atoms with van der Waals surface area (Å²) in [7, 11) is 0. The number of carbonyl (C=O) groups excluding carboxylic acids is 1. The summed E-state index contributed by atoms with van der Waals surface area (Å²) in [6, 6.07) is 19.3. The molecule has 7 nitrogen and oxygen atoms in total. The largest absolute Gasteiger partial charge is 0.465 e. The lowest BCUT2D eigenvalue weighted by atomic mass is 9.68. The lowest BCUT2D eigenvalue weighted by Gasteiger charge is -2.51. The molecule has 3 fully saturated rings. The molecule has 2 aromatic carbocycles. The average Bonchev–Trinajstić information content (AvgIpc) is 3.17. The number of likely N-dealkylation sites (tertiary alicyclic amines) is 1. The van der Waals surface area contributed by atoms with Crippen LogP contribution in [0.1, 0.15) is 55.2 Å². The molecule has 0 saturated carbocycles. The lowest BCUT2D eigenvalue weighted by molar-refractivity contribution is 0.0174. The van der Waals surface area contributed by atoms with Gasteiger partial charge < -0.3 is 24.5 Å². The predicted molar refractivity (Wildman–Crippen MR) is 136 cm³/mol.